The maximum absolute atomic E-state index is 12.3. The third-order valence-corrected chi connectivity index (χ3v) is 6.10. The first-order valence-electron chi connectivity index (χ1n) is 5.64. The van der Waals surface area contributed by atoms with Gasteiger partial charge in [-0.05, 0) is 33.1 Å². The van der Waals surface area contributed by atoms with E-state index in [-0.39, 0.29) is 58.6 Å². The first kappa shape index (κ1) is 18.1. The second kappa shape index (κ2) is 7.91. The SMILES string of the molecule is O=C(PC1CCCC1)c1c(Cl)c(Cl)cc(Cl)c1Cl.[Li]. The van der Waals surface area contributed by atoms with Gasteiger partial charge in [-0.2, -0.15) is 0 Å². The molecular formula is C12H11Cl4LiOP. The van der Waals surface area contributed by atoms with Crippen molar-refractivity contribution >= 4 is 79.4 Å². The summed E-state index contributed by atoms with van der Waals surface area (Å²) in [4.78, 5) is 12.3. The van der Waals surface area contributed by atoms with Crippen LogP contribution in [0.4, 0.5) is 0 Å². The number of rotatable bonds is 3. The quantitative estimate of drug-likeness (QED) is 0.389. The van der Waals surface area contributed by atoms with Crippen LogP contribution in [0.2, 0.25) is 20.1 Å². The van der Waals surface area contributed by atoms with Crippen LogP contribution in [-0.2, 0) is 0 Å². The van der Waals surface area contributed by atoms with Gasteiger partial charge in [0, 0.05) is 18.9 Å². The molecule has 1 aliphatic rings. The molecule has 0 spiro atoms. The Morgan fingerprint density at radius 2 is 1.53 bits per heavy atom. The molecule has 1 saturated carbocycles. The number of benzene rings is 1. The fraction of sp³-hybridized carbons (Fsp3) is 0.417. The monoisotopic (exact) mass is 349 g/mol. The molecule has 0 heterocycles. The fourth-order valence-electron chi connectivity index (χ4n) is 2.10. The fourth-order valence-corrected chi connectivity index (χ4v) is 4.70. The Morgan fingerprint density at radius 1 is 1.05 bits per heavy atom. The summed E-state index contributed by atoms with van der Waals surface area (Å²) in [6.07, 6.45) is 4.60. The van der Waals surface area contributed by atoms with Gasteiger partial charge in [0.05, 0.1) is 25.7 Å². The maximum atomic E-state index is 12.3. The molecule has 1 aliphatic carbocycles. The van der Waals surface area contributed by atoms with E-state index in [4.69, 9.17) is 46.4 Å². The summed E-state index contributed by atoms with van der Waals surface area (Å²) < 4.78 is 0. The maximum Gasteiger partial charge on any atom is 0.184 e. The molecule has 1 radical (unpaired) electrons. The van der Waals surface area contributed by atoms with Crippen LogP contribution >= 0.6 is 55.0 Å². The zero-order chi connectivity index (χ0) is 13.3. The Labute approximate surface area is 146 Å². The van der Waals surface area contributed by atoms with Crippen molar-refractivity contribution in [2.24, 2.45) is 0 Å². The smallest absolute Gasteiger partial charge is 0.184 e. The molecule has 0 aliphatic heterocycles. The molecule has 19 heavy (non-hydrogen) atoms. The molecule has 2 rings (SSSR count). The Hall–Kier alpha value is 1.08. The van der Waals surface area contributed by atoms with E-state index in [1.807, 2.05) is 0 Å². The van der Waals surface area contributed by atoms with E-state index in [0.717, 1.165) is 12.8 Å². The molecule has 0 amide bonds. The Morgan fingerprint density at radius 3 is 2.00 bits per heavy atom. The molecule has 1 aromatic rings. The minimum absolute atomic E-state index is 0. The van der Waals surface area contributed by atoms with Crippen molar-refractivity contribution in [3.8, 4) is 0 Å². The van der Waals surface area contributed by atoms with Gasteiger partial charge in [0.2, 0.25) is 0 Å². The van der Waals surface area contributed by atoms with Gasteiger partial charge in [0.1, 0.15) is 0 Å². The van der Waals surface area contributed by atoms with E-state index in [1.165, 1.54) is 18.9 Å². The Balaban J connectivity index is 0.00000180. The van der Waals surface area contributed by atoms with Gasteiger partial charge in [-0.15, -0.1) is 0 Å². The van der Waals surface area contributed by atoms with Crippen LogP contribution in [0, 0.1) is 0 Å². The average Bonchev–Trinajstić information content (AvgIpc) is 2.79. The molecule has 0 bridgehead atoms. The standard InChI is InChI=1S/C12H11Cl4OP.Li/c13-7-5-8(14)11(16)9(10(7)15)12(17)18-6-3-1-2-4-6;/h5-6,18H,1-4H2;. The second-order valence-electron chi connectivity index (χ2n) is 4.30. The molecule has 1 nitrogen and oxygen atoms in total. The summed E-state index contributed by atoms with van der Waals surface area (Å²) in [6.45, 7) is 0. The van der Waals surface area contributed by atoms with Gasteiger partial charge < -0.3 is 0 Å². The summed E-state index contributed by atoms with van der Waals surface area (Å²) >= 11 is 24.0. The molecule has 1 fully saturated rings. The molecule has 1 unspecified atom stereocenters. The normalized spacial score (nSPS) is 16.0. The zero-order valence-corrected chi connectivity index (χ0v) is 14.4. The third-order valence-electron chi connectivity index (χ3n) is 3.03. The summed E-state index contributed by atoms with van der Waals surface area (Å²) in [5.74, 6) is 0. The van der Waals surface area contributed by atoms with Crippen molar-refractivity contribution in [1.82, 2.24) is 0 Å². The van der Waals surface area contributed by atoms with Gasteiger partial charge in [0.25, 0.3) is 0 Å². The average molecular weight is 351 g/mol. The molecule has 1 atom stereocenters. The van der Waals surface area contributed by atoms with E-state index < -0.39 is 0 Å². The van der Waals surface area contributed by atoms with Crippen molar-refractivity contribution in [1.29, 1.82) is 0 Å². The molecule has 0 N–H and O–H groups in total. The van der Waals surface area contributed by atoms with Crippen molar-refractivity contribution in [2.75, 3.05) is 0 Å². The van der Waals surface area contributed by atoms with Gasteiger partial charge in [0.15, 0.2) is 5.52 Å². The first-order valence-corrected chi connectivity index (χ1v) is 8.23. The van der Waals surface area contributed by atoms with Crippen LogP contribution in [0.1, 0.15) is 36.0 Å². The van der Waals surface area contributed by atoms with Gasteiger partial charge in [-0.1, -0.05) is 59.2 Å². The van der Waals surface area contributed by atoms with Gasteiger partial charge in [-0.25, -0.2) is 0 Å². The van der Waals surface area contributed by atoms with E-state index in [0.29, 0.717) is 5.66 Å². The van der Waals surface area contributed by atoms with Crippen molar-refractivity contribution in [3.63, 3.8) is 0 Å². The Kier molecular flexibility index (Phi) is 7.54. The molecule has 0 saturated heterocycles. The number of carbonyl (C=O) groups excluding carboxylic acids is 1. The number of halogens is 4. The predicted octanol–water partition coefficient (Wildman–Crippen LogP) is 5.68. The molecule has 1 aromatic carbocycles. The van der Waals surface area contributed by atoms with Crippen LogP contribution in [0.15, 0.2) is 6.07 Å². The number of hydrogen-bond donors (Lipinski definition) is 0. The molecular weight excluding hydrogens is 340 g/mol. The Bertz CT molecular complexity index is 463. The third kappa shape index (κ3) is 4.27. The minimum atomic E-state index is -0.0405. The summed E-state index contributed by atoms with van der Waals surface area (Å²) in [6, 6.07) is 1.46. The van der Waals surface area contributed by atoms with Gasteiger partial charge >= 0.3 is 0 Å². The van der Waals surface area contributed by atoms with E-state index in [1.54, 1.807) is 0 Å². The molecule has 99 valence electrons. The van der Waals surface area contributed by atoms with Crippen LogP contribution < -0.4 is 0 Å². The molecule has 0 aromatic heterocycles. The van der Waals surface area contributed by atoms with E-state index in [2.05, 4.69) is 0 Å². The summed E-state index contributed by atoms with van der Waals surface area (Å²) in [5.41, 5.74) is 0.699. The van der Waals surface area contributed by atoms with Crippen molar-refractivity contribution in [2.45, 2.75) is 31.3 Å². The van der Waals surface area contributed by atoms with E-state index in [9.17, 15) is 4.79 Å². The van der Waals surface area contributed by atoms with Crippen LogP contribution in [0.3, 0.4) is 0 Å². The topological polar surface area (TPSA) is 17.1 Å². The van der Waals surface area contributed by atoms with Crippen molar-refractivity contribution in [3.05, 3.63) is 31.7 Å². The number of carbonyl (C=O) groups is 1. The van der Waals surface area contributed by atoms with Crippen LogP contribution in [0.25, 0.3) is 0 Å². The summed E-state index contributed by atoms with van der Waals surface area (Å²) in [7, 11) is 0.197. The van der Waals surface area contributed by atoms with E-state index >= 15 is 0 Å². The summed E-state index contributed by atoms with van der Waals surface area (Å²) in [5, 5.41) is 0.958. The number of hydrogen-bond acceptors (Lipinski definition) is 1. The second-order valence-corrected chi connectivity index (χ2v) is 7.43. The van der Waals surface area contributed by atoms with Gasteiger partial charge in [-0.3, -0.25) is 4.79 Å². The minimum Gasteiger partial charge on any atom is -0.289 e. The van der Waals surface area contributed by atoms with Crippen LogP contribution in [0.5, 0.6) is 0 Å². The largest absolute Gasteiger partial charge is 0.289 e. The first-order chi connectivity index (χ1) is 8.50. The molecule has 7 heteroatoms. The predicted molar refractivity (Wildman–Crippen MR) is 87.1 cm³/mol. The van der Waals surface area contributed by atoms with Crippen LogP contribution in [-0.4, -0.2) is 30.0 Å². The zero-order valence-electron chi connectivity index (χ0n) is 10.4. The van der Waals surface area contributed by atoms with Crippen molar-refractivity contribution < 1.29 is 4.79 Å².